The molecule has 0 spiro atoms. The van der Waals surface area contributed by atoms with Crippen LogP contribution in [-0.2, 0) is 0 Å². The summed E-state index contributed by atoms with van der Waals surface area (Å²) in [4.78, 5) is 4.29. The summed E-state index contributed by atoms with van der Waals surface area (Å²) in [5.74, 6) is 0.362. The van der Waals surface area contributed by atoms with E-state index in [1.807, 2.05) is 24.3 Å². The minimum Gasteiger partial charge on any atom is -0.472 e. The van der Waals surface area contributed by atoms with Gasteiger partial charge in [-0.25, -0.2) is 4.98 Å². The minimum atomic E-state index is 0.347. The summed E-state index contributed by atoms with van der Waals surface area (Å²) < 4.78 is 5.33. The van der Waals surface area contributed by atoms with Crippen molar-refractivity contribution in [2.45, 2.75) is 0 Å². The average Bonchev–Trinajstić information content (AvgIpc) is 2.35. The predicted molar refractivity (Wildman–Crippen MR) is 62.2 cm³/mol. The number of nitriles is 1. The maximum atomic E-state index is 8.98. The number of ether oxygens (including phenoxy) is 1. The third-order valence-electron chi connectivity index (χ3n) is 2.15. The van der Waals surface area contributed by atoms with Gasteiger partial charge in [0, 0.05) is 5.39 Å². The van der Waals surface area contributed by atoms with Crippen LogP contribution >= 0.6 is 0 Å². The van der Waals surface area contributed by atoms with E-state index < -0.39 is 0 Å². The number of aromatic nitrogens is 1. The van der Waals surface area contributed by atoms with Gasteiger partial charge in [0.15, 0.2) is 0 Å². The van der Waals surface area contributed by atoms with Gasteiger partial charge in [0.2, 0.25) is 5.88 Å². The van der Waals surface area contributed by atoms with Crippen molar-refractivity contribution in [1.82, 2.24) is 4.98 Å². The summed E-state index contributed by atoms with van der Waals surface area (Å²) in [6, 6.07) is 11.5. The largest absolute Gasteiger partial charge is 0.472 e. The molecule has 0 saturated carbocycles. The number of fused-ring (bicyclic) bond motifs is 1. The molecule has 16 heavy (non-hydrogen) atoms. The molecule has 0 amide bonds. The molecule has 1 aromatic carbocycles. The molecular formula is C13H10N2O. The van der Waals surface area contributed by atoms with E-state index in [1.165, 1.54) is 0 Å². The summed E-state index contributed by atoms with van der Waals surface area (Å²) in [5, 5.41) is 9.92. The Kier molecular flexibility index (Phi) is 2.84. The highest BCUT2D eigenvalue weighted by Gasteiger charge is 2.06. The lowest BCUT2D eigenvalue weighted by Crippen LogP contribution is -1.98. The highest BCUT2D eigenvalue weighted by atomic mass is 16.5. The molecule has 1 heterocycles. The third-order valence-corrected chi connectivity index (χ3v) is 2.15. The van der Waals surface area contributed by atoms with Crippen molar-refractivity contribution < 1.29 is 4.74 Å². The Morgan fingerprint density at radius 1 is 1.44 bits per heavy atom. The summed E-state index contributed by atoms with van der Waals surface area (Å²) in [6.07, 6.45) is 1.62. The van der Waals surface area contributed by atoms with Gasteiger partial charge < -0.3 is 4.74 Å². The number of pyridine rings is 1. The van der Waals surface area contributed by atoms with E-state index in [9.17, 15) is 0 Å². The molecule has 3 heteroatoms. The van der Waals surface area contributed by atoms with Gasteiger partial charge in [-0.05, 0) is 12.1 Å². The zero-order valence-corrected chi connectivity index (χ0v) is 8.68. The lowest BCUT2D eigenvalue weighted by molar-refractivity contribution is 0.349. The van der Waals surface area contributed by atoms with Crippen molar-refractivity contribution in [1.29, 1.82) is 5.26 Å². The summed E-state index contributed by atoms with van der Waals surface area (Å²) in [6.45, 7) is 3.91. The van der Waals surface area contributed by atoms with Gasteiger partial charge in [-0.2, -0.15) is 5.26 Å². The molecule has 0 aliphatic heterocycles. The van der Waals surface area contributed by atoms with E-state index in [0.29, 0.717) is 18.1 Å². The zero-order chi connectivity index (χ0) is 11.4. The second-order valence-electron chi connectivity index (χ2n) is 3.25. The SMILES string of the molecule is C=CCOc1nc2ccccc2cc1C#N. The van der Waals surface area contributed by atoms with Gasteiger partial charge in [0.25, 0.3) is 0 Å². The smallest absolute Gasteiger partial charge is 0.232 e. The van der Waals surface area contributed by atoms with Crippen LogP contribution < -0.4 is 4.74 Å². The van der Waals surface area contributed by atoms with E-state index in [4.69, 9.17) is 10.00 Å². The van der Waals surface area contributed by atoms with Gasteiger partial charge in [-0.1, -0.05) is 30.9 Å². The first kappa shape index (κ1) is 10.2. The molecule has 0 atom stereocenters. The normalized spacial score (nSPS) is 9.69. The fourth-order valence-electron chi connectivity index (χ4n) is 1.43. The molecule has 78 valence electrons. The maximum Gasteiger partial charge on any atom is 0.232 e. The van der Waals surface area contributed by atoms with Crippen molar-refractivity contribution in [3.05, 3.63) is 48.6 Å². The van der Waals surface area contributed by atoms with Gasteiger partial charge >= 0.3 is 0 Å². The summed E-state index contributed by atoms with van der Waals surface area (Å²) in [7, 11) is 0. The van der Waals surface area contributed by atoms with Crippen LogP contribution in [0.2, 0.25) is 0 Å². The Bertz CT molecular complexity index is 570. The number of rotatable bonds is 3. The monoisotopic (exact) mass is 210 g/mol. The number of hydrogen-bond donors (Lipinski definition) is 0. The highest BCUT2D eigenvalue weighted by molar-refractivity contribution is 5.80. The van der Waals surface area contributed by atoms with Crippen molar-refractivity contribution in [3.63, 3.8) is 0 Å². The van der Waals surface area contributed by atoms with Crippen LogP contribution in [0.4, 0.5) is 0 Å². The van der Waals surface area contributed by atoms with E-state index in [2.05, 4.69) is 17.6 Å². The number of para-hydroxylation sites is 1. The third kappa shape index (κ3) is 1.86. The van der Waals surface area contributed by atoms with Gasteiger partial charge in [-0.3, -0.25) is 0 Å². The molecule has 0 radical (unpaired) electrons. The number of benzene rings is 1. The molecule has 2 rings (SSSR count). The van der Waals surface area contributed by atoms with Crippen LogP contribution in [0, 0.1) is 11.3 Å². The standard InChI is InChI=1S/C13H10N2O/c1-2-7-16-13-11(9-14)8-10-5-3-4-6-12(10)15-13/h2-6,8H,1,7H2. The fourth-order valence-corrected chi connectivity index (χ4v) is 1.43. The molecular weight excluding hydrogens is 200 g/mol. The second-order valence-corrected chi connectivity index (χ2v) is 3.25. The Labute approximate surface area is 93.6 Å². The fraction of sp³-hybridized carbons (Fsp3) is 0.0769. The molecule has 0 bridgehead atoms. The lowest BCUT2D eigenvalue weighted by Gasteiger charge is -2.05. The first-order valence-electron chi connectivity index (χ1n) is 4.88. The quantitative estimate of drug-likeness (QED) is 0.731. The Morgan fingerprint density at radius 2 is 2.25 bits per heavy atom. The second kappa shape index (κ2) is 4.45. The predicted octanol–water partition coefficient (Wildman–Crippen LogP) is 2.67. The topological polar surface area (TPSA) is 45.9 Å². The number of hydrogen-bond acceptors (Lipinski definition) is 3. The molecule has 0 fully saturated rings. The van der Waals surface area contributed by atoms with Crippen LogP contribution in [0.15, 0.2) is 43.0 Å². The molecule has 0 aliphatic carbocycles. The first-order valence-corrected chi connectivity index (χ1v) is 4.88. The van der Waals surface area contributed by atoms with E-state index in [1.54, 1.807) is 12.1 Å². The van der Waals surface area contributed by atoms with Crippen LogP contribution in [-0.4, -0.2) is 11.6 Å². The van der Waals surface area contributed by atoms with Crippen LogP contribution in [0.5, 0.6) is 5.88 Å². The van der Waals surface area contributed by atoms with Crippen molar-refractivity contribution in [2.75, 3.05) is 6.61 Å². The van der Waals surface area contributed by atoms with Crippen molar-refractivity contribution in [2.24, 2.45) is 0 Å². The zero-order valence-electron chi connectivity index (χ0n) is 8.68. The van der Waals surface area contributed by atoms with Crippen molar-refractivity contribution >= 4 is 10.9 Å². The lowest BCUT2D eigenvalue weighted by atomic mass is 10.1. The van der Waals surface area contributed by atoms with Crippen LogP contribution in [0.25, 0.3) is 10.9 Å². The molecule has 2 aromatic rings. The molecule has 0 aliphatic rings. The summed E-state index contributed by atoms with van der Waals surface area (Å²) >= 11 is 0. The number of nitrogens with zero attached hydrogens (tertiary/aromatic N) is 2. The Morgan fingerprint density at radius 3 is 3.00 bits per heavy atom. The molecule has 1 aromatic heterocycles. The van der Waals surface area contributed by atoms with Gasteiger partial charge in [-0.15, -0.1) is 0 Å². The van der Waals surface area contributed by atoms with Gasteiger partial charge in [0.05, 0.1) is 5.52 Å². The summed E-state index contributed by atoms with van der Waals surface area (Å²) in [5.41, 5.74) is 1.26. The van der Waals surface area contributed by atoms with Gasteiger partial charge in [0.1, 0.15) is 18.2 Å². The Hall–Kier alpha value is -2.34. The first-order chi connectivity index (χ1) is 7.85. The molecule has 0 N–H and O–H groups in total. The molecule has 3 nitrogen and oxygen atoms in total. The van der Waals surface area contributed by atoms with E-state index >= 15 is 0 Å². The van der Waals surface area contributed by atoms with E-state index in [0.717, 1.165) is 10.9 Å². The highest BCUT2D eigenvalue weighted by Crippen LogP contribution is 2.21. The van der Waals surface area contributed by atoms with Crippen LogP contribution in [0.3, 0.4) is 0 Å². The average molecular weight is 210 g/mol. The van der Waals surface area contributed by atoms with Crippen LogP contribution in [0.1, 0.15) is 5.56 Å². The molecule has 0 unspecified atom stereocenters. The van der Waals surface area contributed by atoms with E-state index in [-0.39, 0.29) is 0 Å². The Balaban J connectivity index is 2.54. The molecule has 0 saturated heterocycles. The van der Waals surface area contributed by atoms with Crippen molar-refractivity contribution in [3.8, 4) is 11.9 Å². The minimum absolute atomic E-state index is 0.347. The maximum absolute atomic E-state index is 8.98.